The Bertz CT molecular complexity index is 992. The highest BCUT2D eigenvalue weighted by atomic mass is 16.6. The van der Waals surface area contributed by atoms with Gasteiger partial charge >= 0.3 is 5.97 Å². The first kappa shape index (κ1) is 14.4. The third-order valence-electron chi connectivity index (χ3n) is 3.31. The van der Waals surface area contributed by atoms with Crippen molar-refractivity contribution in [2.24, 2.45) is 0 Å². The molecular formula is C15H9N3O5. The van der Waals surface area contributed by atoms with Crippen LogP contribution in [-0.2, 0) is 0 Å². The molecule has 0 aliphatic carbocycles. The molecule has 0 aliphatic rings. The van der Waals surface area contributed by atoms with Gasteiger partial charge in [0.2, 0.25) is 0 Å². The molecule has 0 atom stereocenters. The summed E-state index contributed by atoms with van der Waals surface area (Å²) in [6.07, 6.45) is 0. The summed E-state index contributed by atoms with van der Waals surface area (Å²) in [6.45, 7) is 0. The fourth-order valence-corrected chi connectivity index (χ4v) is 2.15. The van der Waals surface area contributed by atoms with Crippen molar-refractivity contribution in [3.63, 3.8) is 0 Å². The normalized spacial score (nSPS) is 10.6. The van der Waals surface area contributed by atoms with Gasteiger partial charge in [-0.25, -0.2) is 9.78 Å². The van der Waals surface area contributed by atoms with Crippen molar-refractivity contribution in [1.82, 2.24) is 9.97 Å². The van der Waals surface area contributed by atoms with Crippen molar-refractivity contribution in [2.75, 3.05) is 0 Å². The van der Waals surface area contributed by atoms with Crippen molar-refractivity contribution in [3.8, 4) is 11.4 Å². The van der Waals surface area contributed by atoms with E-state index in [2.05, 4.69) is 9.97 Å². The lowest BCUT2D eigenvalue weighted by Gasteiger charge is -2.04. The van der Waals surface area contributed by atoms with Gasteiger partial charge in [0.1, 0.15) is 5.82 Å². The van der Waals surface area contributed by atoms with Gasteiger partial charge in [-0.3, -0.25) is 14.9 Å². The van der Waals surface area contributed by atoms with Crippen LogP contribution < -0.4 is 5.56 Å². The van der Waals surface area contributed by atoms with Crippen LogP contribution in [0, 0.1) is 10.1 Å². The predicted octanol–water partition coefficient (Wildman–Crippen LogP) is 2.20. The fourth-order valence-electron chi connectivity index (χ4n) is 2.15. The van der Waals surface area contributed by atoms with Gasteiger partial charge in [0.05, 0.1) is 21.4 Å². The smallest absolute Gasteiger partial charge is 0.335 e. The number of rotatable bonds is 3. The molecule has 23 heavy (non-hydrogen) atoms. The zero-order valence-corrected chi connectivity index (χ0v) is 11.5. The maximum absolute atomic E-state index is 12.1. The zero-order chi connectivity index (χ0) is 16.6. The number of carboxylic acids is 1. The van der Waals surface area contributed by atoms with Crippen LogP contribution in [0.4, 0.5) is 5.69 Å². The van der Waals surface area contributed by atoms with Crippen molar-refractivity contribution >= 4 is 22.6 Å². The third kappa shape index (κ3) is 2.64. The lowest BCUT2D eigenvalue weighted by atomic mass is 10.1. The van der Waals surface area contributed by atoms with Gasteiger partial charge in [-0.15, -0.1) is 0 Å². The molecule has 0 amide bonds. The van der Waals surface area contributed by atoms with E-state index in [4.69, 9.17) is 5.11 Å². The van der Waals surface area contributed by atoms with Gasteiger partial charge in [0, 0.05) is 17.7 Å². The summed E-state index contributed by atoms with van der Waals surface area (Å²) in [6, 6.07) is 9.55. The Morgan fingerprint density at radius 2 is 1.87 bits per heavy atom. The van der Waals surface area contributed by atoms with Crippen LogP contribution >= 0.6 is 0 Å². The first-order chi connectivity index (χ1) is 11.0. The van der Waals surface area contributed by atoms with Gasteiger partial charge in [0.25, 0.3) is 11.2 Å². The predicted molar refractivity (Wildman–Crippen MR) is 81.4 cm³/mol. The molecule has 3 rings (SSSR count). The minimum Gasteiger partial charge on any atom is -0.478 e. The monoisotopic (exact) mass is 311 g/mol. The number of nitrogens with one attached hydrogen (secondary N) is 1. The third-order valence-corrected chi connectivity index (χ3v) is 3.31. The molecule has 8 nitrogen and oxygen atoms in total. The molecule has 114 valence electrons. The summed E-state index contributed by atoms with van der Waals surface area (Å²) in [5, 5.41) is 19.9. The number of carbonyl (C=O) groups is 1. The summed E-state index contributed by atoms with van der Waals surface area (Å²) >= 11 is 0. The molecule has 0 aliphatic heterocycles. The van der Waals surface area contributed by atoms with E-state index in [1.54, 1.807) is 0 Å². The average molecular weight is 311 g/mol. The van der Waals surface area contributed by atoms with Crippen LogP contribution in [0.15, 0.2) is 47.3 Å². The number of H-pyrrole nitrogens is 1. The standard InChI is InChI=1S/C15H9N3O5/c19-14-11-6-3-9(15(20)21)7-12(11)16-13(17-14)8-1-4-10(5-2-8)18(22)23/h1-7H,(H,20,21)(H,16,17,19). The molecule has 2 N–H and O–H groups in total. The first-order valence-corrected chi connectivity index (χ1v) is 6.48. The number of nitrogens with zero attached hydrogens (tertiary/aromatic N) is 2. The van der Waals surface area contributed by atoms with Gasteiger partial charge in [0.15, 0.2) is 0 Å². The van der Waals surface area contributed by atoms with Gasteiger partial charge in [-0.2, -0.15) is 0 Å². The molecular weight excluding hydrogens is 302 g/mol. The average Bonchev–Trinajstić information content (AvgIpc) is 2.54. The highest BCUT2D eigenvalue weighted by Gasteiger charge is 2.11. The maximum Gasteiger partial charge on any atom is 0.335 e. The zero-order valence-electron chi connectivity index (χ0n) is 11.5. The molecule has 0 saturated heterocycles. The molecule has 0 radical (unpaired) electrons. The largest absolute Gasteiger partial charge is 0.478 e. The Morgan fingerprint density at radius 1 is 1.17 bits per heavy atom. The number of benzene rings is 2. The minimum absolute atomic E-state index is 0.0187. The maximum atomic E-state index is 12.1. The number of aromatic amines is 1. The topological polar surface area (TPSA) is 126 Å². The Kier molecular flexibility index (Phi) is 3.34. The summed E-state index contributed by atoms with van der Waals surface area (Å²) < 4.78 is 0. The molecule has 0 saturated carbocycles. The lowest BCUT2D eigenvalue weighted by Crippen LogP contribution is -2.10. The molecule has 8 heteroatoms. The molecule has 2 aromatic carbocycles. The molecule has 3 aromatic rings. The van der Waals surface area contributed by atoms with Gasteiger partial charge in [-0.1, -0.05) is 0 Å². The van der Waals surface area contributed by atoms with Gasteiger partial charge < -0.3 is 10.1 Å². The van der Waals surface area contributed by atoms with E-state index >= 15 is 0 Å². The van der Waals surface area contributed by atoms with E-state index in [-0.39, 0.29) is 28.0 Å². The fraction of sp³-hybridized carbons (Fsp3) is 0. The van der Waals surface area contributed by atoms with Crippen LogP contribution in [0.3, 0.4) is 0 Å². The number of carboxylic acid groups (broad SMARTS) is 1. The number of fused-ring (bicyclic) bond motifs is 1. The number of non-ortho nitro benzene ring substituents is 1. The molecule has 0 spiro atoms. The van der Waals surface area contributed by atoms with Crippen LogP contribution in [-0.4, -0.2) is 26.0 Å². The number of aromatic carboxylic acids is 1. The highest BCUT2D eigenvalue weighted by Crippen LogP contribution is 2.20. The lowest BCUT2D eigenvalue weighted by molar-refractivity contribution is -0.384. The molecule has 0 bridgehead atoms. The SMILES string of the molecule is O=C(O)c1ccc2c(=O)[nH]c(-c3ccc([N+](=O)[O-])cc3)nc2c1. The van der Waals surface area contributed by atoms with Crippen molar-refractivity contribution < 1.29 is 14.8 Å². The van der Waals surface area contributed by atoms with E-state index in [1.165, 1.54) is 42.5 Å². The highest BCUT2D eigenvalue weighted by molar-refractivity contribution is 5.93. The van der Waals surface area contributed by atoms with Crippen LogP contribution in [0.5, 0.6) is 0 Å². The Hall–Kier alpha value is -3.55. The molecule has 0 unspecified atom stereocenters. The summed E-state index contributed by atoms with van der Waals surface area (Å²) in [7, 11) is 0. The van der Waals surface area contributed by atoms with Crippen molar-refractivity contribution in [2.45, 2.75) is 0 Å². The van der Waals surface area contributed by atoms with Gasteiger partial charge in [-0.05, 0) is 30.3 Å². The Balaban J connectivity index is 2.16. The summed E-state index contributed by atoms with van der Waals surface area (Å²) in [4.78, 5) is 40.0. The van der Waals surface area contributed by atoms with E-state index in [0.717, 1.165) is 0 Å². The van der Waals surface area contributed by atoms with E-state index in [0.29, 0.717) is 5.56 Å². The number of aromatic nitrogens is 2. The van der Waals surface area contributed by atoms with Crippen molar-refractivity contribution in [1.29, 1.82) is 0 Å². The number of nitro groups is 1. The second-order valence-corrected chi connectivity index (χ2v) is 4.76. The van der Waals surface area contributed by atoms with E-state index in [1.807, 2.05) is 0 Å². The second-order valence-electron chi connectivity index (χ2n) is 4.76. The molecule has 1 heterocycles. The Labute approximate surface area is 128 Å². The van der Waals surface area contributed by atoms with E-state index < -0.39 is 16.5 Å². The van der Waals surface area contributed by atoms with Crippen LogP contribution in [0.25, 0.3) is 22.3 Å². The number of hydrogen-bond acceptors (Lipinski definition) is 5. The summed E-state index contributed by atoms with van der Waals surface area (Å²) in [5.74, 6) is -0.911. The van der Waals surface area contributed by atoms with E-state index in [9.17, 15) is 19.7 Å². The quantitative estimate of drug-likeness (QED) is 0.564. The molecule has 0 fully saturated rings. The van der Waals surface area contributed by atoms with Crippen LogP contribution in [0.1, 0.15) is 10.4 Å². The molecule has 1 aromatic heterocycles. The minimum atomic E-state index is -1.12. The first-order valence-electron chi connectivity index (χ1n) is 6.48. The second kappa shape index (κ2) is 5.34. The van der Waals surface area contributed by atoms with Crippen molar-refractivity contribution in [3.05, 3.63) is 68.5 Å². The number of nitro benzene ring substituents is 1. The summed E-state index contributed by atoms with van der Waals surface area (Å²) in [5.41, 5.74) is 0.243. The number of hydrogen-bond donors (Lipinski definition) is 2. The Morgan fingerprint density at radius 3 is 2.48 bits per heavy atom. The van der Waals surface area contributed by atoms with Crippen LogP contribution in [0.2, 0.25) is 0 Å².